The lowest BCUT2D eigenvalue weighted by Gasteiger charge is -2.07. The smallest absolute Gasteiger partial charge is 0.119 e. The van der Waals surface area contributed by atoms with E-state index in [1.165, 1.54) is 0 Å². The van der Waals surface area contributed by atoms with Crippen molar-refractivity contribution in [2.24, 2.45) is 0 Å². The number of nitrogens with one attached hydrogen (secondary N) is 1. The molecule has 0 bridgehead atoms. The molecule has 1 aromatic heterocycles. The van der Waals surface area contributed by atoms with Crippen LogP contribution in [0.4, 0.5) is 5.69 Å². The van der Waals surface area contributed by atoms with Gasteiger partial charge in [-0.2, -0.15) is 5.10 Å². The second-order valence-electron chi connectivity index (χ2n) is 3.39. The van der Waals surface area contributed by atoms with Crippen molar-refractivity contribution in [1.29, 1.82) is 0 Å². The first kappa shape index (κ1) is 10.5. The minimum absolute atomic E-state index is 0.626. The summed E-state index contributed by atoms with van der Waals surface area (Å²) in [6, 6.07) is 9.79. The third kappa shape index (κ3) is 2.76. The minimum atomic E-state index is 0.626. The summed E-state index contributed by atoms with van der Waals surface area (Å²) in [5.41, 5.74) is 1.08. The average Bonchev–Trinajstić information content (AvgIpc) is 2.83. The van der Waals surface area contributed by atoms with Crippen molar-refractivity contribution in [2.45, 2.75) is 6.54 Å². The monoisotopic (exact) mass is 217 g/mol. The molecular formula is C12H15N3O. The molecule has 4 nitrogen and oxygen atoms in total. The van der Waals surface area contributed by atoms with Crippen LogP contribution in [0.25, 0.3) is 0 Å². The van der Waals surface area contributed by atoms with Gasteiger partial charge < -0.3 is 10.1 Å². The van der Waals surface area contributed by atoms with Gasteiger partial charge in [-0.3, -0.25) is 4.68 Å². The van der Waals surface area contributed by atoms with E-state index < -0.39 is 0 Å². The predicted octanol–water partition coefficient (Wildman–Crippen LogP) is 2.00. The predicted molar refractivity (Wildman–Crippen MR) is 63.7 cm³/mol. The first-order valence-corrected chi connectivity index (χ1v) is 5.26. The molecule has 0 radical (unpaired) electrons. The van der Waals surface area contributed by atoms with E-state index in [0.717, 1.165) is 18.0 Å². The Bertz CT molecular complexity index is 408. The van der Waals surface area contributed by atoms with Crippen LogP contribution in [0.15, 0.2) is 42.7 Å². The Balaban J connectivity index is 1.81. The summed E-state index contributed by atoms with van der Waals surface area (Å²) in [6.45, 7) is 1.39. The third-order valence-electron chi connectivity index (χ3n) is 2.29. The van der Waals surface area contributed by atoms with Crippen molar-refractivity contribution in [3.8, 4) is 5.75 Å². The number of anilines is 1. The fraction of sp³-hybridized carbons (Fsp3) is 0.250. The standard InChI is InChI=1S/C12H15N3O/c1-13-11-3-5-12(6-4-11)16-10-9-15-8-2-7-14-15/h2-8,13H,9-10H2,1H3. The van der Waals surface area contributed by atoms with E-state index in [2.05, 4.69) is 10.4 Å². The van der Waals surface area contributed by atoms with Crippen LogP contribution >= 0.6 is 0 Å². The topological polar surface area (TPSA) is 39.1 Å². The highest BCUT2D eigenvalue weighted by molar-refractivity contribution is 5.45. The van der Waals surface area contributed by atoms with Crippen LogP contribution in [0.3, 0.4) is 0 Å². The van der Waals surface area contributed by atoms with Gasteiger partial charge in [-0.1, -0.05) is 0 Å². The molecule has 1 N–H and O–H groups in total. The lowest BCUT2D eigenvalue weighted by atomic mass is 10.3. The Morgan fingerprint density at radius 2 is 2.12 bits per heavy atom. The lowest BCUT2D eigenvalue weighted by Crippen LogP contribution is -2.08. The molecular weight excluding hydrogens is 202 g/mol. The number of hydrogen-bond donors (Lipinski definition) is 1. The highest BCUT2D eigenvalue weighted by atomic mass is 16.5. The fourth-order valence-electron chi connectivity index (χ4n) is 1.41. The van der Waals surface area contributed by atoms with E-state index in [4.69, 9.17) is 4.74 Å². The summed E-state index contributed by atoms with van der Waals surface area (Å²) in [5.74, 6) is 0.881. The van der Waals surface area contributed by atoms with Crippen LogP contribution in [-0.4, -0.2) is 23.4 Å². The fourth-order valence-corrected chi connectivity index (χ4v) is 1.41. The zero-order chi connectivity index (χ0) is 11.2. The van der Waals surface area contributed by atoms with E-state index in [-0.39, 0.29) is 0 Å². The Morgan fingerprint density at radius 3 is 2.75 bits per heavy atom. The molecule has 4 heteroatoms. The number of hydrogen-bond acceptors (Lipinski definition) is 3. The second kappa shape index (κ2) is 5.21. The molecule has 0 saturated heterocycles. The summed E-state index contributed by atoms with van der Waals surface area (Å²) in [6.07, 6.45) is 3.69. The maximum absolute atomic E-state index is 5.59. The van der Waals surface area contributed by atoms with E-state index in [1.54, 1.807) is 6.20 Å². The normalized spacial score (nSPS) is 10.1. The van der Waals surface area contributed by atoms with Gasteiger partial charge in [0.05, 0.1) is 6.54 Å². The van der Waals surface area contributed by atoms with Gasteiger partial charge >= 0.3 is 0 Å². The second-order valence-corrected chi connectivity index (χ2v) is 3.39. The molecule has 0 fully saturated rings. The summed E-state index contributed by atoms with van der Waals surface area (Å²) in [4.78, 5) is 0. The van der Waals surface area contributed by atoms with Crippen LogP contribution < -0.4 is 10.1 Å². The van der Waals surface area contributed by atoms with Crippen molar-refractivity contribution in [3.63, 3.8) is 0 Å². The molecule has 1 aromatic carbocycles. The van der Waals surface area contributed by atoms with Crippen molar-refractivity contribution in [1.82, 2.24) is 9.78 Å². The third-order valence-corrected chi connectivity index (χ3v) is 2.29. The van der Waals surface area contributed by atoms with Crippen molar-refractivity contribution in [2.75, 3.05) is 19.0 Å². The zero-order valence-electron chi connectivity index (χ0n) is 9.26. The molecule has 0 spiro atoms. The van der Waals surface area contributed by atoms with Gasteiger partial charge in [0.15, 0.2) is 0 Å². The summed E-state index contributed by atoms with van der Waals surface area (Å²) < 4.78 is 7.44. The van der Waals surface area contributed by atoms with Gasteiger partial charge in [-0.25, -0.2) is 0 Å². The Kier molecular flexibility index (Phi) is 3.43. The van der Waals surface area contributed by atoms with Crippen molar-refractivity contribution >= 4 is 5.69 Å². The van der Waals surface area contributed by atoms with E-state index >= 15 is 0 Å². The molecule has 16 heavy (non-hydrogen) atoms. The number of rotatable bonds is 5. The van der Waals surface area contributed by atoms with Crippen LogP contribution in [-0.2, 0) is 6.54 Å². The SMILES string of the molecule is CNc1ccc(OCCn2cccn2)cc1. The van der Waals surface area contributed by atoms with Gasteiger partial charge in [0.1, 0.15) is 12.4 Å². The number of aromatic nitrogens is 2. The number of benzene rings is 1. The molecule has 0 amide bonds. The zero-order valence-corrected chi connectivity index (χ0v) is 9.26. The Morgan fingerprint density at radius 1 is 1.31 bits per heavy atom. The van der Waals surface area contributed by atoms with Crippen LogP contribution in [0.5, 0.6) is 5.75 Å². The van der Waals surface area contributed by atoms with E-state index in [1.807, 2.05) is 48.3 Å². The Labute approximate surface area is 94.9 Å². The summed E-state index contributed by atoms with van der Waals surface area (Å²) >= 11 is 0. The van der Waals surface area contributed by atoms with Gasteiger partial charge in [-0.05, 0) is 30.3 Å². The number of ether oxygens (including phenoxy) is 1. The van der Waals surface area contributed by atoms with E-state index in [9.17, 15) is 0 Å². The summed E-state index contributed by atoms with van der Waals surface area (Å²) in [7, 11) is 1.90. The maximum Gasteiger partial charge on any atom is 0.119 e. The van der Waals surface area contributed by atoms with Gasteiger partial charge in [0.25, 0.3) is 0 Å². The molecule has 0 saturated carbocycles. The highest BCUT2D eigenvalue weighted by Crippen LogP contribution is 2.14. The largest absolute Gasteiger partial charge is 0.492 e. The van der Waals surface area contributed by atoms with Crippen LogP contribution in [0.1, 0.15) is 0 Å². The van der Waals surface area contributed by atoms with Crippen LogP contribution in [0.2, 0.25) is 0 Å². The first-order valence-electron chi connectivity index (χ1n) is 5.26. The highest BCUT2D eigenvalue weighted by Gasteiger charge is 1.95. The molecule has 0 aliphatic heterocycles. The first-order chi connectivity index (χ1) is 7.88. The van der Waals surface area contributed by atoms with Gasteiger partial charge in [0, 0.05) is 25.1 Å². The van der Waals surface area contributed by atoms with Gasteiger partial charge in [-0.15, -0.1) is 0 Å². The molecule has 84 valence electrons. The Hall–Kier alpha value is -1.97. The van der Waals surface area contributed by atoms with Crippen LogP contribution in [0, 0.1) is 0 Å². The minimum Gasteiger partial charge on any atom is -0.492 e. The van der Waals surface area contributed by atoms with E-state index in [0.29, 0.717) is 6.61 Å². The average molecular weight is 217 g/mol. The van der Waals surface area contributed by atoms with Crippen molar-refractivity contribution in [3.05, 3.63) is 42.7 Å². The molecule has 0 unspecified atom stereocenters. The lowest BCUT2D eigenvalue weighted by molar-refractivity contribution is 0.291. The molecule has 0 atom stereocenters. The molecule has 0 aliphatic rings. The molecule has 2 aromatic rings. The quantitative estimate of drug-likeness (QED) is 0.832. The molecule has 1 heterocycles. The maximum atomic E-state index is 5.59. The van der Waals surface area contributed by atoms with Crippen molar-refractivity contribution < 1.29 is 4.74 Å². The summed E-state index contributed by atoms with van der Waals surface area (Å²) in [5, 5.41) is 7.16. The molecule has 0 aliphatic carbocycles. The van der Waals surface area contributed by atoms with Gasteiger partial charge in [0.2, 0.25) is 0 Å². The molecule has 2 rings (SSSR count). The number of nitrogens with zero attached hydrogens (tertiary/aromatic N) is 2.